The lowest BCUT2D eigenvalue weighted by atomic mass is 10.3. The van der Waals surface area contributed by atoms with Crippen molar-refractivity contribution < 1.29 is 0 Å². The summed E-state index contributed by atoms with van der Waals surface area (Å²) in [7, 11) is 2.19. The van der Waals surface area contributed by atoms with Crippen LogP contribution in [-0.2, 0) is 0 Å². The van der Waals surface area contributed by atoms with E-state index in [1.807, 2.05) is 17.8 Å². The highest BCUT2D eigenvalue weighted by Crippen LogP contribution is 2.06. The van der Waals surface area contributed by atoms with Crippen molar-refractivity contribution in [1.82, 2.24) is 4.90 Å². The summed E-state index contributed by atoms with van der Waals surface area (Å²) in [5.41, 5.74) is 1.20. The number of nitrogens with one attached hydrogen (secondary N) is 1. The number of anilines is 1. The van der Waals surface area contributed by atoms with Gasteiger partial charge in [-0.15, -0.1) is 0 Å². The van der Waals surface area contributed by atoms with Gasteiger partial charge in [0.2, 0.25) is 0 Å². The van der Waals surface area contributed by atoms with E-state index in [1.165, 1.54) is 11.4 Å². The smallest absolute Gasteiger partial charge is 0.0340 e. The van der Waals surface area contributed by atoms with Crippen molar-refractivity contribution in [1.29, 1.82) is 0 Å². The van der Waals surface area contributed by atoms with Crippen LogP contribution in [0.25, 0.3) is 0 Å². The van der Waals surface area contributed by atoms with Crippen LogP contribution in [0.1, 0.15) is 6.92 Å². The highest BCUT2D eigenvalue weighted by atomic mass is 32.2. The molecule has 1 N–H and O–H groups in total. The lowest BCUT2D eigenvalue weighted by molar-refractivity contribution is 0.288. The molecule has 0 fully saturated rings. The van der Waals surface area contributed by atoms with Gasteiger partial charge in [-0.05, 0) is 32.4 Å². The molecular weight excluding hydrogens is 216 g/mol. The van der Waals surface area contributed by atoms with E-state index in [9.17, 15) is 0 Å². The van der Waals surface area contributed by atoms with E-state index in [0.29, 0.717) is 6.04 Å². The van der Waals surface area contributed by atoms with E-state index < -0.39 is 0 Å². The van der Waals surface area contributed by atoms with E-state index in [-0.39, 0.29) is 0 Å². The van der Waals surface area contributed by atoms with Gasteiger partial charge < -0.3 is 10.2 Å². The lowest BCUT2D eigenvalue weighted by Crippen LogP contribution is -2.34. The molecule has 0 heterocycles. The second-order valence-corrected chi connectivity index (χ2v) is 4.99. The molecule has 1 aromatic rings. The molecule has 0 aliphatic carbocycles. The fourth-order valence-corrected chi connectivity index (χ4v) is 2.26. The van der Waals surface area contributed by atoms with Gasteiger partial charge in [0.25, 0.3) is 0 Å². The number of thioether (sulfide) groups is 1. The van der Waals surface area contributed by atoms with Gasteiger partial charge in [-0.3, -0.25) is 0 Å². The average Bonchev–Trinajstić information content (AvgIpc) is 2.30. The van der Waals surface area contributed by atoms with Crippen molar-refractivity contribution >= 4 is 17.4 Å². The van der Waals surface area contributed by atoms with E-state index in [2.05, 4.69) is 54.7 Å². The Bertz CT molecular complexity index is 277. The maximum atomic E-state index is 3.42. The van der Waals surface area contributed by atoms with Crippen LogP contribution in [0.15, 0.2) is 30.3 Å². The number of nitrogens with zero attached hydrogens (tertiary/aromatic N) is 1. The molecule has 3 heteroatoms. The Kier molecular flexibility index (Phi) is 6.34. The van der Waals surface area contributed by atoms with Gasteiger partial charge in [0.15, 0.2) is 0 Å². The average molecular weight is 238 g/mol. The van der Waals surface area contributed by atoms with Crippen molar-refractivity contribution in [3.8, 4) is 0 Å². The first-order valence-electron chi connectivity index (χ1n) is 5.72. The Labute approximate surface area is 103 Å². The second kappa shape index (κ2) is 7.58. The zero-order valence-corrected chi connectivity index (χ0v) is 11.3. The van der Waals surface area contributed by atoms with Crippen LogP contribution in [0, 0.1) is 0 Å². The predicted octanol–water partition coefficient (Wildman–Crippen LogP) is 2.78. The summed E-state index contributed by atoms with van der Waals surface area (Å²) in [6.45, 7) is 4.36. The van der Waals surface area contributed by atoms with Gasteiger partial charge in [0.05, 0.1) is 0 Å². The summed E-state index contributed by atoms with van der Waals surface area (Å²) in [4.78, 5) is 2.40. The minimum Gasteiger partial charge on any atom is -0.384 e. The molecule has 1 aromatic carbocycles. The third-order valence-electron chi connectivity index (χ3n) is 2.73. The summed E-state index contributed by atoms with van der Waals surface area (Å²) in [5.74, 6) is 1.20. The molecule has 0 amide bonds. The molecule has 0 saturated carbocycles. The van der Waals surface area contributed by atoms with Crippen molar-refractivity contribution in [3.05, 3.63) is 30.3 Å². The molecule has 0 aliphatic heterocycles. The van der Waals surface area contributed by atoms with Crippen LogP contribution in [0.3, 0.4) is 0 Å². The molecule has 90 valence electrons. The third kappa shape index (κ3) is 4.90. The fourth-order valence-electron chi connectivity index (χ4n) is 1.52. The standard InChI is InChI=1S/C13H22N2S/c1-12(11-16-3)15(2)10-9-14-13-7-5-4-6-8-13/h4-8,12,14H,9-11H2,1-3H3. The first-order valence-corrected chi connectivity index (χ1v) is 7.11. The second-order valence-electron chi connectivity index (χ2n) is 4.08. The van der Waals surface area contributed by atoms with Crippen molar-refractivity contribution in [2.45, 2.75) is 13.0 Å². The van der Waals surface area contributed by atoms with Crippen molar-refractivity contribution in [2.24, 2.45) is 0 Å². The highest BCUT2D eigenvalue weighted by molar-refractivity contribution is 7.98. The van der Waals surface area contributed by atoms with Gasteiger partial charge in [0.1, 0.15) is 0 Å². The first-order chi connectivity index (χ1) is 7.74. The summed E-state index contributed by atoms with van der Waals surface area (Å²) < 4.78 is 0. The zero-order chi connectivity index (χ0) is 11.8. The largest absolute Gasteiger partial charge is 0.384 e. The molecule has 0 aromatic heterocycles. The number of para-hydroxylation sites is 1. The Balaban J connectivity index is 2.20. The van der Waals surface area contributed by atoms with Gasteiger partial charge in [-0.25, -0.2) is 0 Å². The number of rotatable bonds is 7. The van der Waals surface area contributed by atoms with Crippen LogP contribution in [-0.4, -0.2) is 43.1 Å². The molecule has 0 radical (unpaired) electrons. The molecule has 2 nitrogen and oxygen atoms in total. The van der Waals surface area contributed by atoms with Gasteiger partial charge in [0, 0.05) is 30.6 Å². The van der Waals surface area contributed by atoms with E-state index in [4.69, 9.17) is 0 Å². The molecular formula is C13H22N2S. The summed E-state index contributed by atoms with van der Waals surface area (Å²) in [6, 6.07) is 11.0. The van der Waals surface area contributed by atoms with Crippen LogP contribution in [0.5, 0.6) is 0 Å². The normalized spacial score (nSPS) is 12.8. The van der Waals surface area contributed by atoms with Gasteiger partial charge in [-0.1, -0.05) is 18.2 Å². The quantitative estimate of drug-likeness (QED) is 0.786. The number of likely N-dealkylation sites (N-methyl/N-ethyl adjacent to an activating group) is 1. The van der Waals surface area contributed by atoms with Gasteiger partial charge in [-0.2, -0.15) is 11.8 Å². The fraction of sp³-hybridized carbons (Fsp3) is 0.538. The van der Waals surface area contributed by atoms with Crippen LogP contribution < -0.4 is 5.32 Å². The Hall–Kier alpha value is -0.670. The SMILES string of the molecule is CSCC(C)N(C)CCNc1ccccc1. The molecule has 1 atom stereocenters. The van der Waals surface area contributed by atoms with Crippen molar-refractivity contribution in [3.63, 3.8) is 0 Å². The number of hydrogen-bond acceptors (Lipinski definition) is 3. The Morgan fingerprint density at radius 2 is 2.00 bits per heavy atom. The third-order valence-corrected chi connectivity index (χ3v) is 3.54. The van der Waals surface area contributed by atoms with Crippen LogP contribution in [0.2, 0.25) is 0 Å². The first kappa shape index (κ1) is 13.4. The zero-order valence-electron chi connectivity index (χ0n) is 10.4. The van der Waals surface area contributed by atoms with Crippen LogP contribution in [0.4, 0.5) is 5.69 Å². The summed E-state index contributed by atoms with van der Waals surface area (Å²) in [6.07, 6.45) is 2.16. The molecule has 1 rings (SSSR count). The minimum atomic E-state index is 0.646. The summed E-state index contributed by atoms with van der Waals surface area (Å²) in [5, 5.41) is 3.42. The molecule has 16 heavy (non-hydrogen) atoms. The molecule has 0 spiro atoms. The van der Waals surface area contributed by atoms with Crippen molar-refractivity contribution in [2.75, 3.05) is 37.5 Å². The predicted molar refractivity (Wildman–Crippen MR) is 75.4 cm³/mol. The molecule has 0 bridgehead atoms. The molecule has 1 unspecified atom stereocenters. The number of hydrogen-bond donors (Lipinski definition) is 1. The van der Waals surface area contributed by atoms with E-state index >= 15 is 0 Å². The topological polar surface area (TPSA) is 15.3 Å². The van der Waals surface area contributed by atoms with Gasteiger partial charge >= 0.3 is 0 Å². The molecule has 0 saturated heterocycles. The summed E-state index contributed by atoms with van der Waals surface area (Å²) >= 11 is 1.91. The maximum absolute atomic E-state index is 3.42. The monoisotopic (exact) mass is 238 g/mol. The Morgan fingerprint density at radius 3 is 2.62 bits per heavy atom. The Morgan fingerprint density at radius 1 is 1.31 bits per heavy atom. The van der Waals surface area contributed by atoms with E-state index in [0.717, 1.165) is 13.1 Å². The minimum absolute atomic E-state index is 0.646. The number of benzene rings is 1. The van der Waals surface area contributed by atoms with E-state index in [1.54, 1.807) is 0 Å². The maximum Gasteiger partial charge on any atom is 0.0340 e. The van der Waals surface area contributed by atoms with Crippen LogP contribution >= 0.6 is 11.8 Å². The lowest BCUT2D eigenvalue weighted by Gasteiger charge is -2.24. The highest BCUT2D eigenvalue weighted by Gasteiger charge is 2.06. The molecule has 0 aliphatic rings.